The molecular weight excluding hydrogens is 350 g/mol. The molecule has 24 heavy (non-hydrogen) atoms. The lowest BCUT2D eigenvalue weighted by Crippen LogP contribution is -2.15. The van der Waals surface area contributed by atoms with Crippen LogP contribution in [0.1, 0.15) is 34.7 Å². The van der Waals surface area contributed by atoms with Crippen LogP contribution < -0.4 is 5.32 Å². The first-order valence-corrected chi connectivity index (χ1v) is 8.70. The van der Waals surface area contributed by atoms with Gasteiger partial charge in [-0.3, -0.25) is 4.79 Å². The highest BCUT2D eigenvalue weighted by molar-refractivity contribution is 7.98. The predicted octanol–water partition coefficient (Wildman–Crippen LogP) is 3.67. The zero-order chi connectivity index (χ0) is 17.7. The molecule has 2 aromatic rings. The van der Waals surface area contributed by atoms with E-state index < -0.39 is 11.9 Å². The molecule has 1 N–H and O–H groups in total. The summed E-state index contributed by atoms with van der Waals surface area (Å²) in [5.41, 5.74) is 1.02. The number of hydrogen-bond acceptors (Lipinski definition) is 6. The maximum atomic E-state index is 12.3. The largest absolute Gasteiger partial charge is 0.459 e. The van der Waals surface area contributed by atoms with Crippen LogP contribution in [-0.4, -0.2) is 34.2 Å². The Morgan fingerprint density at radius 1 is 1.25 bits per heavy atom. The number of aromatic nitrogens is 2. The second-order valence-electron chi connectivity index (χ2n) is 5.04. The lowest BCUT2D eigenvalue weighted by Gasteiger charge is -2.09. The van der Waals surface area contributed by atoms with Crippen LogP contribution in [0.3, 0.4) is 0 Å². The number of anilines is 1. The normalized spacial score (nSPS) is 10.5. The summed E-state index contributed by atoms with van der Waals surface area (Å²) < 4.78 is 5.10. The summed E-state index contributed by atoms with van der Waals surface area (Å²) in [6, 6.07) is 6.38. The van der Waals surface area contributed by atoms with E-state index in [0.717, 1.165) is 0 Å². The molecule has 0 atom stereocenters. The van der Waals surface area contributed by atoms with Crippen LogP contribution >= 0.6 is 23.4 Å². The minimum atomic E-state index is -0.449. The molecule has 1 heterocycles. The topological polar surface area (TPSA) is 81.2 Å². The molecule has 6 nitrogen and oxygen atoms in total. The highest BCUT2D eigenvalue weighted by Crippen LogP contribution is 2.18. The first kappa shape index (κ1) is 18.2. The van der Waals surface area contributed by atoms with Crippen molar-refractivity contribution in [3.8, 4) is 0 Å². The molecule has 0 aliphatic heterocycles. The van der Waals surface area contributed by atoms with Crippen molar-refractivity contribution in [2.75, 3.05) is 11.6 Å². The quantitative estimate of drug-likeness (QED) is 0.494. The second-order valence-corrected chi connectivity index (χ2v) is 6.22. The number of ether oxygens (including phenoxy) is 1. The van der Waals surface area contributed by atoms with Gasteiger partial charge in [-0.25, -0.2) is 14.8 Å². The van der Waals surface area contributed by atoms with Gasteiger partial charge < -0.3 is 10.1 Å². The maximum Gasteiger partial charge on any atom is 0.338 e. The summed E-state index contributed by atoms with van der Waals surface area (Å²) in [6.45, 7) is 3.56. The van der Waals surface area contributed by atoms with Gasteiger partial charge in [0.05, 0.1) is 22.9 Å². The Labute approximate surface area is 149 Å². The molecule has 2 rings (SSSR count). The molecule has 0 unspecified atom stereocenters. The van der Waals surface area contributed by atoms with Crippen LogP contribution in [-0.2, 0) is 4.74 Å². The molecule has 0 radical (unpaired) electrons. The van der Waals surface area contributed by atoms with E-state index in [1.807, 2.05) is 0 Å². The van der Waals surface area contributed by atoms with E-state index in [-0.39, 0.29) is 16.8 Å². The number of amides is 1. The van der Waals surface area contributed by atoms with Crippen LogP contribution in [0.5, 0.6) is 0 Å². The van der Waals surface area contributed by atoms with E-state index in [0.29, 0.717) is 16.4 Å². The van der Waals surface area contributed by atoms with Crippen molar-refractivity contribution in [2.45, 2.75) is 25.1 Å². The number of rotatable bonds is 5. The summed E-state index contributed by atoms with van der Waals surface area (Å²) in [6.07, 6.45) is 3.00. The van der Waals surface area contributed by atoms with E-state index in [2.05, 4.69) is 15.3 Å². The minimum absolute atomic E-state index is 0.0966. The summed E-state index contributed by atoms with van der Waals surface area (Å²) >= 11 is 7.29. The Morgan fingerprint density at radius 2 is 1.92 bits per heavy atom. The monoisotopic (exact) mass is 365 g/mol. The van der Waals surface area contributed by atoms with Gasteiger partial charge >= 0.3 is 5.97 Å². The zero-order valence-electron chi connectivity index (χ0n) is 13.4. The summed E-state index contributed by atoms with van der Waals surface area (Å²) in [5.74, 6) is -0.860. The molecular formula is C16H16ClN3O3S. The van der Waals surface area contributed by atoms with E-state index in [9.17, 15) is 9.59 Å². The van der Waals surface area contributed by atoms with Crippen molar-refractivity contribution in [1.82, 2.24) is 9.97 Å². The zero-order valence-corrected chi connectivity index (χ0v) is 14.9. The molecule has 1 amide bonds. The van der Waals surface area contributed by atoms with Crippen molar-refractivity contribution in [3.05, 3.63) is 46.7 Å². The summed E-state index contributed by atoms with van der Waals surface area (Å²) in [4.78, 5) is 32.1. The molecule has 0 bridgehead atoms. The van der Waals surface area contributed by atoms with E-state index >= 15 is 0 Å². The number of nitrogens with one attached hydrogen (secondary N) is 1. The van der Waals surface area contributed by atoms with Crippen LogP contribution in [0.4, 0.5) is 5.69 Å². The second kappa shape index (κ2) is 8.12. The Balaban J connectivity index is 2.11. The standard InChI is InChI=1S/C16H16ClN3O3S/c1-9(2)23-15(22)10-4-6-11(7-5-10)19-14(21)13-12(17)8-18-16(20-13)24-3/h4-9H,1-3H3,(H,19,21). The molecule has 1 aromatic heterocycles. The average Bonchev–Trinajstić information content (AvgIpc) is 2.55. The Bertz CT molecular complexity index is 751. The molecule has 0 saturated carbocycles. The van der Waals surface area contributed by atoms with E-state index in [1.165, 1.54) is 18.0 Å². The van der Waals surface area contributed by atoms with Crippen LogP contribution in [0.2, 0.25) is 5.02 Å². The van der Waals surface area contributed by atoms with Crippen molar-refractivity contribution < 1.29 is 14.3 Å². The number of nitrogens with zero attached hydrogens (tertiary/aromatic N) is 2. The third-order valence-electron chi connectivity index (χ3n) is 2.84. The van der Waals surface area contributed by atoms with Crippen LogP contribution in [0.25, 0.3) is 0 Å². The smallest absolute Gasteiger partial charge is 0.338 e. The van der Waals surface area contributed by atoms with Crippen molar-refractivity contribution in [3.63, 3.8) is 0 Å². The summed E-state index contributed by atoms with van der Waals surface area (Å²) in [5, 5.41) is 3.31. The van der Waals surface area contributed by atoms with Gasteiger partial charge in [0.25, 0.3) is 5.91 Å². The molecule has 0 fully saturated rings. The van der Waals surface area contributed by atoms with Crippen molar-refractivity contribution in [1.29, 1.82) is 0 Å². The Hall–Kier alpha value is -2.12. The number of thioether (sulfide) groups is 1. The van der Waals surface area contributed by atoms with Crippen molar-refractivity contribution in [2.24, 2.45) is 0 Å². The molecule has 0 spiro atoms. The van der Waals surface area contributed by atoms with E-state index in [4.69, 9.17) is 16.3 Å². The first-order valence-electron chi connectivity index (χ1n) is 7.09. The minimum Gasteiger partial charge on any atom is -0.459 e. The van der Waals surface area contributed by atoms with Gasteiger partial charge in [-0.05, 0) is 44.4 Å². The number of carbonyl (C=O) groups excluding carboxylic acids is 2. The fourth-order valence-corrected chi connectivity index (χ4v) is 2.29. The van der Waals surface area contributed by atoms with Gasteiger partial charge in [-0.1, -0.05) is 23.4 Å². The fourth-order valence-electron chi connectivity index (χ4n) is 1.77. The molecule has 1 aromatic carbocycles. The third-order valence-corrected chi connectivity index (χ3v) is 3.68. The molecule has 0 aliphatic rings. The number of esters is 1. The Morgan fingerprint density at radius 3 is 2.50 bits per heavy atom. The van der Waals surface area contributed by atoms with Gasteiger partial charge in [0.2, 0.25) is 0 Å². The third kappa shape index (κ3) is 4.69. The van der Waals surface area contributed by atoms with Gasteiger partial charge in [0.1, 0.15) is 0 Å². The SMILES string of the molecule is CSc1ncc(Cl)c(C(=O)Nc2ccc(C(=O)OC(C)C)cc2)n1. The molecule has 0 saturated heterocycles. The van der Waals surface area contributed by atoms with Gasteiger partial charge in [0, 0.05) is 5.69 Å². The Kier molecular flexibility index (Phi) is 6.16. The van der Waals surface area contributed by atoms with Crippen LogP contribution in [0.15, 0.2) is 35.6 Å². The first-order chi connectivity index (χ1) is 11.4. The molecule has 126 valence electrons. The lowest BCUT2D eigenvalue weighted by molar-refractivity contribution is 0.0378. The maximum absolute atomic E-state index is 12.3. The molecule has 8 heteroatoms. The highest BCUT2D eigenvalue weighted by atomic mass is 35.5. The number of hydrogen-bond donors (Lipinski definition) is 1. The van der Waals surface area contributed by atoms with Crippen molar-refractivity contribution >= 4 is 40.9 Å². The fraction of sp³-hybridized carbons (Fsp3) is 0.250. The van der Waals surface area contributed by atoms with E-state index in [1.54, 1.807) is 44.4 Å². The van der Waals surface area contributed by atoms with Gasteiger partial charge in [0.15, 0.2) is 10.9 Å². The number of benzene rings is 1. The van der Waals surface area contributed by atoms with Gasteiger partial charge in [-0.15, -0.1) is 0 Å². The number of halogens is 1. The van der Waals surface area contributed by atoms with Gasteiger partial charge in [-0.2, -0.15) is 0 Å². The highest BCUT2D eigenvalue weighted by Gasteiger charge is 2.15. The number of carbonyl (C=O) groups is 2. The average molecular weight is 366 g/mol. The molecule has 0 aliphatic carbocycles. The van der Waals surface area contributed by atoms with Crippen LogP contribution in [0, 0.1) is 0 Å². The lowest BCUT2D eigenvalue weighted by atomic mass is 10.2. The summed E-state index contributed by atoms with van der Waals surface area (Å²) in [7, 11) is 0. The predicted molar refractivity (Wildman–Crippen MR) is 93.8 cm³/mol.